The molecule has 0 aromatic heterocycles. The maximum absolute atomic E-state index is 12.4. The molecule has 0 aliphatic heterocycles. The largest absolute Gasteiger partial charge is 0.333 e. The Bertz CT molecular complexity index is 821. The molecule has 2 aliphatic carbocycles. The molecule has 3 rings (SSSR count). The molecule has 9 heteroatoms. The number of urea groups is 1. The molecule has 0 spiro atoms. The number of benzene rings is 1. The van der Waals surface area contributed by atoms with Crippen LogP contribution < -0.4 is 14.8 Å². The number of amides is 2. The Labute approximate surface area is 211 Å². The van der Waals surface area contributed by atoms with Crippen molar-refractivity contribution < 1.29 is 13.2 Å². The van der Waals surface area contributed by atoms with Gasteiger partial charge in [0.25, 0.3) is 0 Å². The molecule has 28 heavy (non-hydrogen) atoms. The van der Waals surface area contributed by atoms with E-state index in [2.05, 4.69) is 20.8 Å². The Morgan fingerprint density at radius 1 is 1.07 bits per heavy atom. The van der Waals surface area contributed by atoms with E-state index in [9.17, 15) is 13.2 Å². The van der Waals surface area contributed by atoms with Gasteiger partial charge in [0.15, 0.2) is 0 Å². The Balaban J connectivity index is 0.00000280. The molecule has 0 saturated heterocycles. The number of likely N-dealkylation sites (N-methyl/N-ethyl adjacent to an activating group) is 1. The fourth-order valence-corrected chi connectivity index (χ4v) is 4.60. The fraction of sp³-hybridized carbons (Fsp3) is 0.632. The van der Waals surface area contributed by atoms with Crippen molar-refractivity contribution in [1.82, 2.24) is 14.3 Å². The van der Waals surface area contributed by atoms with Crippen molar-refractivity contribution in [2.45, 2.75) is 57.9 Å². The quantitative estimate of drug-likeness (QED) is 0.594. The molecule has 1 aromatic carbocycles. The third-order valence-electron chi connectivity index (χ3n) is 5.84. The number of carbonyl (C=O) groups is 1. The minimum Gasteiger partial charge on any atom is -0.307 e. The number of anilines is 1. The van der Waals surface area contributed by atoms with Gasteiger partial charge in [-0.3, -0.25) is 0 Å². The van der Waals surface area contributed by atoms with E-state index in [1.54, 1.807) is 0 Å². The van der Waals surface area contributed by atoms with E-state index in [0.717, 1.165) is 44.2 Å². The molecule has 0 atom stereocenters. The van der Waals surface area contributed by atoms with E-state index in [1.807, 2.05) is 32.8 Å². The number of aryl methyl sites for hydroxylation is 2. The van der Waals surface area contributed by atoms with Crippen molar-refractivity contribution >= 4 is 73.3 Å². The molecule has 2 amide bonds. The van der Waals surface area contributed by atoms with Crippen molar-refractivity contribution in [2.24, 2.45) is 0 Å². The van der Waals surface area contributed by atoms with Gasteiger partial charge in [-0.05, 0) is 88.7 Å². The predicted molar refractivity (Wildman–Crippen MR) is 113 cm³/mol. The summed E-state index contributed by atoms with van der Waals surface area (Å²) in [6, 6.07) is 1.56. The predicted octanol–water partition coefficient (Wildman–Crippen LogP) is 1.58. The average Bonchev–Trinajstić information content (AvgIpc) is 3.21. The molecule has 1 aromatic rings. The number of nitrogens with zero attached hydrogens (tertiary/aromatic N) is 1. The number of rotatable bonds is 6. The molecule has 151 valence electrons. The fourth-order valence-electron chi connectivity index (χ4n) is 3.69. The summed E-state index contributed by atoms with van der Waals surface area (Å²) in [6.07, 6.45) is 6.07. The standard InChI is InChI=1S/C19H30N4O3S.K/c1-19(2,23(3)4)12-20-27(25,26)22-18(24)21-17-15-9-5-7-13(15)11-14-8-6-10-16(14)17;/h11,20H,5-10,12H2,1-4H3,(H2,21,22,24);. The molecule has 0 bridgehead atoms. The SMILES string of the molecule is CN(C)C(C)(C)CNS(=O)(=O)NC(=O)Nc1c2c(cc3c1CCC3)CCC2.[K]. The van der Waals surface area contributed by atoms with Gasteiger partial charge in [-0.2, -0.15) is 13.1 Å². The van der Waals surface area contributed by atoms with Crippen LogP contribution in [0.1, 0.15) is 48.9 Å². The van der Waals surface area contributed by atoms with Gasteiger partial charge in [0.2, 0.25) is 0 Å². The van der Waals surface area contributed by atoms with Gasteiger partial charge in [0.1, 0.15) is 0 Å². The van der Waals surface area contributed by atoms with Crippen LogP contribution >= 0.6 is 0 Å². The Hall–Kier alpha value is -0.00364. The zero-order chi connectivity index (χ0) is 19.8. The van der Waals surface area contributed by atoms with Gasteiger partial charge in [0.05, 0.1) is 0 Å². The number of hydrogen-bond donors (Lipinski definition) is 3. The van der Waals surface area contributed by atoms with Crippen LogP contribution in [0.4, 0.5) is 10.5 Å². The van der Waals surface area contributed by atoms with Gasteiger partial charge in [-0.25, -0.2) is 9.52 Å². The molecule has 0 heterocycles. The maximum Gasteiger partial charge on any atom is 0.333 e. The molecule has 0 unspecified atom stereocenters. The summed E-state index contributed by atoms with van der Waals surface area (Å²) in [6.45, 7) is 4.04. The van der Waals surface area contributed by atoms with Crippen LogP contribution in [0.3, 0.4) is 0 Å². The van der Waals surface area contributed by atoms with E-state index >= 15 is 0 Å². The van der Waals surface area contributed by atoms with Crippen molar-refractivity contribution in [3.8, 4) is 0 Å². The second-order valence-corrected chi connectivity index (χ2v) is 9.82. The molecule has 0 fully saturated rings. The Morgan fingerprint density at radius 3 is 2.11 bits per heavy atom. The summed E-state index contributed by atoms with van der Waals surface area (Å²) < 4.78 is 29.1. The van der Waals surface area contributed by atoms with Crippen LogP contribution in [0.15, 0.2) is 6.07 Å². The smallest absolute Gasteiger partial charge is 0.307 e. The molecule has 7 nitrogen and oxygen atoms in total. The first-order valence-electron chi connectivity index (χ1n) is 9.51. The van der Waals surface area contributed by atoms with Crippen LogP contribution in [0, 0.1) is 0 Å². The van der Waals surface area contributed by atoms with Crippen LogP contribution in [-0.2, 0) is 35.9 Å². The topological polar surface area (TPSA) is 90.5 Å². The summed E-state index contributed by atoms with van der Waals surface area (Å²) in [5, 5.41) is 2.84. The molecular formula is C19H30KN4O3S. The van der Waals surface area contributed by atoms with E-state index in [4.69, 9.17) is 0 Å². The summed E-state index contributed by atoms with van der Waals surface area (Å²) >= 11 is 0. The third-order valence-corrected chi connectivity index (χ3v) is 6.82. The van der Waals surface area contributed by atoms with Gasteiger partial charge in [0, 0.05) is 69.2 Å². The van der Waals surface area contributed by atoms with Gasteiger partial charge >= 0.3 is 16.2 Å². The summed E-state index contributed by atoms with van der Waals surface area (Å²) in [7, 11) is -0.175. The molecule has 2 aliphatic rings. The summed E-state index contributed by atoms with van der Waals surface area (Å²) in [4.78, 5) is 14.4. The minimum absolute atomic E-state index is 0. The van der Waals surface area contributed by atoms with Crippen LogP contribution in [-0.4, -0.2) is 96.9 Å². The Kier molecular flexibility index (Phi) is 8.17. The minimum atomic E-state index is -3.93. The molecule has 1 radical (unpaired) electrons. The van der Waals surface area contributed by atoms with Gasteiger partial charge in [-0.15, -0.1) is 0 Å². The molecule has 0 saturated carbocycles. The van der Waals surface area contributed by atoms with E-state index in [1.165, 1.54) is 22.3 Å². The van der Waals surface area contributed by atoms with Gasteiger partial charge < -0.3 is 10.2 Å². The molecular weight excluding hydrogens is 403 g/mol. The third kappa shape index (κ3) is 5.57. The first-order chi connectivity index (χ1) is 12.6. The number of carbonyl (C=O) groups excluding carboxylic acids is 1. The van der Waals surface area contributed by atoms with Crippen molar-refractivity contribution in [1.29, 1.82) is 0 Å². The zero-order valence-electron chi connectivity index (χ0n) is 17.6. The first kappa shape index (κ1) is 24.3. The normalized spacial score (nSPS) is 15.8. The Morgan fingerprint density at radius 2 is 1.61 bits per heavy atom. The number of hydrogen-bond acceptors (Lipinski definition) is 4. The van der Waals surface area contributed by atoms with E-state index in [-0.39, 0.29) is 63.5 Å². The first-order valence-corrected chi connectivity index (χ1v) is 11.0. The van der Waals surface area contributed by atoms with Crippen LogP contribution in [0.25, 0.3) is 0 Å². The number of fused-ring (bicyclic) bond motifs is 2. The average molecular weight is 434 g/mol. The van der Waals surface area contributed by atoms with Gasteiger partial charge in [-0.1, -0.05) is 6.07 Å². The summed E-state index contributed by atoms with van der Waals surface area (Å²) in [5.74, 6) is 0. The molecule has 3 N–H and O–H groups in total. The van der Waals surface area contributed by atoms with Crippen LogP contribution in [0.2, 0.25) is 0 Å². The van der Waals surface area contributed by atoms with E-state index in [0.29, 0.717) is 0 Å². The van der Waals surface area contributed by atoms with Crippen molar-refractivity contribution in [2.75, 3.05) is 26.0 Å². The monoisotopic (exact) mass is 433 g/mol. The van der Waals surface area contributed by atoms with Crippen LogP contribution in [0.5, 0.6) is 0 Å². The zero-order valence-corrected chi connectivity index (χ0v) is 21.5. The van der Waals surface area contributed by atoms with E-state index < -0.39 is 16.2 Å². The maximum atomic E-state index is 12.4. The number of nitrogens with one attached hydrogen (secondary N) is 3. The second-order valence-electron chi connectivity index (χ2n) is 8.32. The second kappa shape index (κ2) is 9.43. The van der Waals surface area contributed by atoms with Crippen molar-refractivity contribution in [3.63, 3.8) is 0 Å². The van der Waals surface area contributed by atoms with Crippen molar-refractivity contribution in [3.05, 3.63) is 28.3 Å². The summed E-state index contributed by atoms with van der Waals surface area (Å²) in [5.41, 5.74) is 5.39.